The molecule has 0 radical (unpaired) electrons. The lowest BCUT2D eigenvalue weighted by atomic mass is 9.91. The Hall–Kier alpha value is -2.97. The van der Waals surface area contributed by atoms with E-state index in [0.717, 1.165) is 54.8 Å². The maximum Gasteiger partial charge on any atom is 0.417 e. The number of alkyl halides is 3. The van der Waals surface area contributed by atoms with Crippen molar-refractivity contribution in [2.75, 3.05) is 6.54 Å². The Bertz CT molecular complexity index is 1100. The van der Waals surface area contributed by atoms with Crippen molar-refractivity contribution in [3.63, 3.8) is 0 Å². The van der Waals surface area contributed by atoms with Gasteiger partial charge in [-0.05, 0) is 48.2 Å². The average molecular weight is 475 g/mol. The van der Waals surface area contributed by atoms with Crippen LogP contribution in [0.15, 0.2) is 61.1 Å². The lowest BCUT2D eigenvalue weighted by Crippen LogP contribution is -2.46. The van der Waals surface area contributed by atoms with Gasteiger partial charge in [0.2, 0.25) is 0 Å². The van der Waals surface area contributed by atoms with Crippen LogP contribution in [0.1, 0.15) is 46.9 Å². The lowest BCUT2D eigenvalue weighted by molar-refractivity contribution is -0.137. The Morgan fingerprint density at radius 2 is 1.88 bits per heavy atom. The van der Waals surface area contributed by atoms with Gasteiger partial charge in [0.1, 0.15) is 5.69 Å². The van der Waals surface area contributed by atoms with Crippen molar-refractivity contribution in [2.24, 2.45) is 0 Å². The molecule has 3 aromatic rings. The summed E-state index contributed by atoms with van der Waals surface area (Å²) >= 11 is 5.93. The van der Waals surface area contributed by atoms with Crippen LogP contribution in [0.3, 0.4) is 0 Å². The number of benzene rings is 1. The molecule has 1 aromatic carbocycles. The molecule has 0 aliphatic carbocycles. The summed E-state index contributed by atoms with van der Waals surface area (Å²) in [6.07, 6.45) is 2.56. The molecule has 2 N–H and O–H groups in total. The molecule has 1 amide bonds. The fourth-order valence-electron chi connectivity index (χ4n) is 4.03. The van der Waals surface area contributed by atoms with Gasteiger partial charge in [0.05, 0.1) is 16.6 Å². The Labute approximate surface area is 194 Å². The highest BCUT2D eigenvalue weighted by atomic mass is 35.5. The fourth-order valence-corrected chi connectivity index (χ4v) is 4.33. The predicted octanol–water partition coefficient (Wildman–Crippen LogP) is 5.43. The molecule has 172 valence electrons. The number of hydrogen-bond acceptors (Lipinski definition) is 4. The number of aromatic nitrogens is 2. The first-order valence-electron chi connectivity index (χ1n) is 10.6. The summed E-state index contributed by atoms with van der Waals surface area (Å²) in [5.41, 5.74) is 1.23. The number of amides is 1. The van der Waals surface area contributed by atoms with Gasteiger partial charge in [-0.15, -0.1) is 0 Å². The second kappa shape index (κ2) is 9.89. The second-order valence-electron chi connectivity index (χ2n) is 7.89. The van der Waals surface area contributed by atoms with Gasteiger partial charge < -0.3 is 10.6 Å². The molecule has 0 saturated carbocycles. The third-order valence-corrected chi connectivity index (χ3v) is 6.09. The summed E-state index contributed by atoms with van der Waals surface area (Å²) in [5, 5.41) is 5.58. The number of carbonyl (C=O) groups excluding carboxylic acids is 1. The molecule has 3 heterocycles. The Kier molecular flexibility index (Phi) is 6.95. The van der Waals surface area contributed by atoms with E-state index < -0.39 is 34.4 Å². The van der Waals surface area contributed by atoms with Crippen LogP contribution >= 0.6 is 11.6 Å². The van der Waals surface area contributed by atoms with Crippen molar-refractivity contribution in [3.8, 4) is 11.1 Å². The van der Waals surface area contributed by atoms with Crippen molar-refractivity contribution in [3.05, 3.63) is 82.9 Å². The number of nitrogens with zero attached hydrogens (tertiary/aromatic N) is 2. The molecule has 2 aromatic heterocycles. The number of halogens is 4. The molecule has 33 heavy (non-hydrogen) atoms. The fraction of sp³-hybridized carbons (Fsp3) is 0.292. The van der Waals surface area contributed by atoms with Gasteiger partial charge in [-0.1, -0.05) is 48.4 Å². The Morgan fingerprint density at radius 3 is 2.52 bits per heavy atom. The maximum atomic E-state index is 13.2. The molecule has 0 bridgehead atoms. The van der Waals surface area contributed by atoms with Crippen LogP contribution in [0.2, 0.25) is 5.02 Å². The summed E-state index contributed by atoms with van der Waals surface area (Å²) in [6, 6.07) is 11.7. The van der Waals surface area contributed by atoms with E-state index in [9.17, 15) is 18.0 Å². The van der Waals surface area contributed by atoms with Crippen molar-refractivity contribution < 1.29 is 18.0 Å². The number of nitrogens with one attached hydrogen (secondary N) is 2. The first kappa shape index (κ1) is 23.2. The van der Waals surface area contributed by atoms with Crippen LogP contribution in [-0.2, 0) is 6.18 Å². The van der Waals surface area contributed by atoms with E-state index in [-0.39, 0.29) is 6.04 Å². The molecule has 2 atom stereocenters. The molecule has 1 aliphatic heterocycles. The van der Waals surface area contributed by atoms with Gasteiger partial charge in [0, 0.05) is 24.6 Å². The quantitative estimate of drug-likeness (QED) is 0.517. The normalized spacial score (nSPS) is 17.4. The van der Waals surface area contributed by atoms with Crippen molar-refractivity contribution in [2.45, 2.75) is 37.5 Å². The van der Waals surface area contributed by atoms with Gasteiger partial charge in [0.15, 0.2) is 0 Å². The highest BCUT2D eigenvalue weighted by Gasteiger charge is 2.36. The summed E-state index contributed by atoms with van der Waals surface area (Å²) < 4.78 is 39.7. The van der Waals surface area contributed by atoms with E-state index in [0.29, 0.717) is 0 Å². The van der Waals surface area contributed by atoms with Gasteiger partial charge in [0.25, 0.3) is 5.91 Å². The monoisotopic (exact) mass is 474 g/mol. The van der Waals surface area contributed by atoms with E-state index in [4.69, 9.17) is 11.6 Å². The molecular weight excluding hydrogens is 453 g/mol. The zero-order chi connectivity index (χ0) is 23.4. The molecule has 0 spiro atoms. The number of carbonyl (C=O) groups is 1. The topological polar surface area (TPSA) is 66.9 Å². The Morgan fingerprint density at radius 1 is 1.09 bits per heavy atom. The molecule has 1 fully saturated rings. The van der Waals surface area contributed by atoms with E-state index in [1.165, 1.54) is 0 Å². The van der Waals surface area contributed by atoms with Crippen molar-refractivity contribution in [1.82, 2.24) is 20.6 Å². The smallest absolute Gasteiger partial charge is 0.342 e. The summed E-state index contributed by atoms with van der Waals surface area (Å²) in [5.74, 6) is -0.750. The summed E-state index contributed by atoms with van der Waals surface area (Å²) in [7, 11) is 0. The lowest BCUT2D eigenvalue weighted by Gasteiger charge is -2.32. The first-order chi connectivity index (χ1) is 15.8. The maximum absolute atomic E-state index is 13.2. The van der Waals surface area contributed by atoms with Gasteiger partial charge >= 0.3 is 6.18 Å². The van der Waals surface area contributed by atoms with Crippen molar-refractivity contribution in [1.29, 1.82) is 0 Å². The van der Waals surface area contributed by atoms with Crippen LogP contribution < -0.4 is 10.6 Å². The SMILES string of the molecule is O=C(N[C@@H](c1ccc(-c2cccnc2)cc1)[C@@H]1CCCCN1)c1nccc(C(F)(F)F)c1Cl. The van der Waals surface area contributed by atoms with Gasteiger partial charge in [-0.3, -0.25) is 9.78 Å². The van der Waals surface area contributed by atoms with E-state index in [1.807, 2.05) is 36.4 Å². The molecular formula is C24H22ClF3N4O. The predicted molar refractivity (Wildman–Crippen MR) is 120 cm³/mol. The van der Waals surface area contributed by atoms with E-state index >= 15 is 0 Å². The van der Waals surface area contributed by atoms with E-state index in [1.54, 1.807) is 12.4 Å². The Balaban J connectivity index is 1.63. The average Bonchev–Trinajstić information content (AvgIpc) is 2.83. The minimum absolute atomic E-state index is 0.0727. The van der Waals surface area contributed by atoms with Crippen LogP contribution in [-0.4, -0.2) is 28.5 Å². The van der Waals surface area contributed by atoms with Gasteiger partial charge in [-0.2, -0.15) is 13.2 Å². The van der Waals surface area contributed by atoms with E-state index in [2.05, 4.69) is 20.6 Å². The number of pyridine rings is 2. The molecule has 0 unspecified atom stereocenters. The molecule has 5 nitrogen and oxygen atoms in total. The largest absolute Gasteiger partial charge is 0.417 e. The van der Waals surface area contributed by atoms with Crippen LogP contribution in [0, 0.1) is 0 Å². The third-order valence-electron chi connectivity index (χ3n) is 5.71. The number of rotatable bonds is 5. The first-order valence-corrected chi connectivity index (χ1v) is 11.0. The minimum Gasteiger partial charge on any atom is -0.342 e. The highest BCUT2D eigenvalue weighted by Crippen LogP contribution is 2.36. The zero-order valence-electron chi connectivity index (χ0n) is 17.6. The van der Waals surface area contributed by atoms with Crippen LogP contribution in [0.25, 0.3) is 11.1 Å². The number of hydrogen-bond donors (Lipinski definition) is 2. The summed E-state index contributed by atoms with van der Waals surface area (Å²) in [6.45, 7) is 0.799. The third kappa shape index (κ3) is 5.34. The molecule has 1 aliphatic rings. The van der Waals surface area contributed by atoms with Gasteiger partial charge in [-0.25, -0.2) is 4.98 Å². The summed E-state index contributed by atoms with van der Waals surface area (Å²) in [4.78, 5) is 21.0. The van der Waals surface area contributed by atoms with Crippen LogP contribution in [0.5, 0.6) is 0 Å². The zero-order valence-corrected chi connectivity index (χ0v) is 18.3. The molecule has 1 saturated heterocycles. The standard InChI is InChI=1S/C24H22ClF3N4O/c25-20-18(24(26,27)28)10-13-31-22(20)23(33)32-21(19-5-1-2-12-30-19)16-8-6-15(7-9-16)17-4-3-11-29-14-17/h3-4,6-11,13-14,19,21,30H,1-2,5,12H2,(H,32,33)/t19-,21-/m0/s1. The molecule has 9 heteroatoms. The van der Waals surface area contributed by atoms with Crippen LogP contribution in [0.4, 0.5) is 13.2 Å². The number of piperidine rings is 1. The minimum atomic E-state index is -4.68. The highest BCUT2D eigenvalue weighted by molar-refractivity contribution is 6.34. The molecule has 4 rings (SSSR count). The van der Waals surface area contributed by atoms with Crippen molar-refractivity contribution >= 4 is 17.5 Å². The second-order valence-corrected chi connectivity index (χ2v) is 8.27.